The van der Waals surface area contributed by atoms with Crippen LogP contribution in [0.4, 0.5) is 0 Å². The molecule has 0 unspecified atom stereocenters. The van der Waals surface area contributed by atoms with E-state index in [1.165, 1.54) is 11.3 Å². The van der Waals surface area contributed by atoms with Crippen molar-refractivity contribution in [3.63, 3.8) is 0 Å². The van der Waals surface area contributed by atoms with Gasteiger partial charge in [-0.05, 0) is 24.3 Å². The Hall–Kier alpha value is -2.05. The van der Waals surface area contributed by atoms with E-state index >= 15 is 0 Å². The van der Waals surface area contributed by atoms with Crippen LogP contribution in [0.25, 0.3) is 16.2 Å². The minimum Gasteiger partial charge on any atom is -0.496 e. The van der Waals surface area contributed by atoms with Crippen LogP contribution in [0.2, 0.25) is 15.1 Å². The summed E-state index contributed by atoms with van der Waals surface area (Å²) in [4.78, 5) is 17.1. The average molecular weight is 439 g/mol. The molecule has 8 heteroatoms. The SMILES string of the molecule is COc1ccccc1/C=C1\N=C(c2sc3cc(Cl)cc(Cl)c3c2Cl)OC1=O. The summed E-state index contributed by atoms with van der Waals surface area (Å²) in [5.74, 6) is 0.205. The molecule has 0 aliphatic carbocycles. The highest BCUT2D eigenvalue weighted by Gasteiger charge is 2.29. The van der Waals surface area contributed by atoms with Gasteiger partial charge in [0.2, 0.25) is 5.90 Å². The molecular weight excluding hydrogens is 429 g/mol. The second-order valence-electron chi connectivity index (χ2n) is 5.58. The summed E-state index contributed by atoms with van der Waals surface area (Å²) in [6, 6.07) is 10.7. The topological polar surface area (TPSA) is 47.9 Å². The normalized spacial score (nSPS) is 15.3. The average Bonchev–Trinajstić information content (AvgIpc) is 3.15. The number of carbonyl (C=O) groups excluding carboxylic acids is 1. The lowest BCUT2D eigenvalue weighted by molar-refractivity contribution is -0.129. The highest BCUT2D eigenvalue weighted by Crippen LogP contribution is 2.42. The number of fused-ring (bicyclic) bond motifs is 1. The number of ether oxygens (including phenoxy) is 2. The number of para-hydroxylation sites is 1. The fourth-order valence-corrected chi connectivity index (χ4v) is 4.99. The molecule has 3 aromatic rings. The van der Waals surface area contributed by atoms with E-state index < -0.39 is 5.97 Å². The van der Waals surface area contributed by atoms with Crippen molar-refractivity contribution in [2.75, 3.05) is 7.11 Å². The Balaban J connectivity index is 1.80. The maximum Gasteiger partial charge on any atom is 0.363 e. The van der Waals surface area contributed by atoms with Crippen LogP contribution in [0.1, 0.15) is 10.4 Å². The number of carbonyl (C=O) groups is 1. The number of hydrogen-bond acceptors (Lipinski definition) is 5. The highest BCUT2D eigenvalue weighted by molar-refractivity contribution is 7.21. The van der Waals surface area contributed by atoms with Crippen molar-refractivity contribution in [2.45, 2.75) is 0 Å². The minimum atomic E-state index is -0.562. The molecule has 0 saturated heterocycles. The van der Waals surface area contributed by atoms with Gasteiger partial charge >= 0.3 is 5.97 Å². The minimum absolute atomic E-state index is 0.138. The monoisotopic (exact) mass is 437 g/mol. The van der Waals surface area contributed by atoms with Crippen LogP contribution in [0.3, 0.4) is 0 Å². The van der Waals surface area contributed by atoms with Crippen molar-refractivity contribution in [2.24, 2.45) is 4.99 Å². The van der Waals surface area contributed by atoms with Gasteiger partial charge in [-0.3, -0.25) is 0 Å². The molecule has 0 N–H and O–H groups in total. The first-order chi connectivity index (χ1) is 13.0. The van der Waals surface area contributed by atoms with E-state index in [9.17, 15) is 4.79 Å². The molecule has 1 aromatic heterocycles. The van der Waals surface area contributed by atoms with Crippen LogP contribution < -0.4 is 4.74 Å². The highest BCUT2D eigenvalue weighted by atomic mass is 35.5. The first kappa shape index (κ1) is 18.3. The Morgan fingerprint density at radius 1 is 1.19 bits per heavy atom. The van der Waals surface area contributed by atoms with Crippen LogP contribution >= 0.6 is 46.1 Å². The smallest absolute Gasteiger partial charge is 0.363 e. The third-order valence-corrected chi connectivity index (χ3v) is 6.03. The third-order valence-electron chi connectivity index (χ3n) is 3.90. The Morgan fingerprint density at radius 2 is 1.96 bits per heavy atom. The number of cyclic esters (lactones) is 1. The molecule has 0 amide bonds. The zero-order valence-corrected chi connectivity index (χ0v) is 16.8. The van der Waals surface area contributed by atoms with Crippen LogP contribution in [-0.4, -0.2) is 19.0 Å². The summed E-state index contributed by atoms with van der Waals surface area (Å²) in [6.07, 6.45) is 1.61. The molecule has 0 saturated carbocycles. The van der Waals surface area contributed by atoms with Gasteiger partial charge in [0.25, 0.3) is 0 Å². The van der Waals surface area contributed by atoms with Crippen LogP contribution in [-0.2, 0) is 9.53 Å². The van der Waals surface area contributed by atoms with E-state index in [2.05, 4.69) is 4.99 Å². The Morgan fingerprint density at radius 3 is 2.74 bits per heavy atom. The standard InChI is InChI=1S/C19H10Cl3NO3S/c1-25-13-5-3-2-4-9(13)6-12-19(24)26-18(23-12)17-16(22)15-11(21)7-10(20)8-14(15)27-17/h2-8H,1H3/b12-6-. The lowest BCUT2D eigenvalue weighted by Crippen LogP contribution is -2.04. The number of aliphatic imine (C=N–C) groups is 1. The summed E-state index contributed by atoms with van der Waals surface area (Å²) in [6.45, 7) is 0. The van der Waals surface area contributed by atoms with E-state index in [0.29, 0.717) is 36.6 Å². The summed E-state index contributed by atoms with van der Waals surface area (Å²) < 4.78 is 11.4. The third kappa shape index (κ3) is 3.32. The molecular formula is C19H10Cl3NO3S. The zero-order valence-electron chi connectivity index (χ0n) is 13.8. The molecule has 136 valence electrons. The first-order valence-electron chi connectivity index (χ1n) is 7.71. The van der Waals surface area contributed by atoms with Crippen molar-refractivity contribution in [1.29, 1.82) is 0 Å². The molecule has 27 heavy (non-hydrogen) atoms. The second kappa shape index (κ2) is 7.17. The Labute approximate surface area is 173 Å². The molecule has 2 heterocycles. The summed E-state index contributed by atoms with van der Waals surface area (Å²) in [5, 5.41) is 1.96. The number of rotatable bonds is 3. The van der Waals surface area contributed by atoms with Crippen LogP contribution in [0.15, 0.2) is 47.1 Å². The molecule has 1 aliphatic heterocycles. The van der Waals surface area contributed by atoms with E-state index in [1.807, 2.05) is 18.2 Å². The molecule has 4 nitrogen and oxygen atoms in total. The predicted molar refractivity (Wildman–Crippen MR) is 110 cm³/mol. The van der Waals surface area contributed by atoms with Crippen molar-refractivity contribution in [3.8, 4) is 5.75 Å². The largest absolute Gasteiger partial charge is 0.496 e. The molecule has 0 atom stereocenters. The molecule has 2 aromatic carbocycles. The van der Waals surface area contributed by atoms with Gasteiger partial charge in [-0.15, -0.1) is 11.3 Å². The van der Waals surface area contributed by atoms with Crippen molar-refractivity contribution >= 4 is 74.2 Å². The van der Waals surface area contributed by atoms with Crippen molar-refractivity contribution in [3.05, 3.63) is 67.6 Å². The quantitative estimate of drug-likeness (QED) is 0.360. The lowest BCUT2D eigenvalue weighted by atomic mass is 10.1. The fourth-order valence-electron chi connectivity index (χ4n) is 2.69. The number of esters is 1. The molecule has 0 radical (unpaired) electrons. The Bertz CT molecular complexity index is 1150. The lowest BCUT2D eigenvalue weighted by Gasteiger charge is -2.03. The van der Waals surface area contributed by atoms with Gasteiger partial charge in [-0.2, -0.15) is 0 Å². The maximum absolute atomic E-state index is 12.3. The van der Waals surface area contributed by atoms with Gasteiger partial charge in [0.05, 0.1) is 17.2 Å². The number of methoxy groups -OCH3 is 1. The van der Waals surface area contributed by atoms with Crippen LogP contribution in [0, 0.1) is 0 Å². The van der Waals surface area contributed by atoms with Crippen molar-refractivity contribution in [1.82, 2.24) is 0 Å². The fraction of sp³-hybridized carbons (Fsp3) is 0.0526. The van der Waals surface area contributed by atoms with Crippen molar-refractivity contribution < 1.29 is 14.3 Å². The van der Waals surface area contributed by atoms with Gasteiger partial charge < -0.3 is 9.47 Å². The van der Waals surface area contributed by atoms with Gasteiger partial charge in [0, 0.05) is 20.7 Å². The molecule has 0 bridgehead atoms. The number of hydrogen-bond donors (Lipinski definition) is 0. The second-order valence-corrected chi connectivity index (χ2v) is 7.86. The van der Waals surface area contributed by atoms with Gasteiger partial charge in [0.15, 0.2) is 5.70 Å². The zero-order chi connectivity index (χ0) is 19.1. The number of nitrogens with zero attached hydrogens (tertiary/aromatic N) is 1. The van der Waals surface area contributed by atoms with Crippen LogP contribution in [0.5, 0.6) is 5.75 Å². The molecule has 0 spiro atoms. The van der Waals surface area contributed by atoms with E-state index in [0.717, 1.165) is 4.70 Å². The number of halogens is 3. The predicted octanol–water partition coefficient (Wildman–Crippen LogP) is 6.21. The van der Waals surface area contributed by atoms with Gasteiger partial charge in [0.1, 0.15) is 10.6 Å². The summed E-state index contributed by atoms with van der Waals surface area (Å²) >= 11 is 20.1. The maximum atomic E-state index is 12.3. The summed E-state index contributed by atoms with van der Waals surface area (Å²) in [7, 11) is 1.56. The summed E-state index contributed by atoms with van der Waals surface area (Å²) in [5.41, 5.74) is 0.876. The van der Waals surface area contributed by atoms with Gasteiger partial charge in [-0.1, -0.05) is 53.0 Å². The molecule has 1 aliphatic rings. The van der Waals surface area contributed by atoms with Gasteiger partial charge in [-0.25, -0.2) is 9.79 Å². The first-order valence-corrected chi connectivity index (χ1v) is 9.66. The Kier molecular flexibility index (Phi) is 4.86. The molecule has 4 rings (SSSR count). The number of benzene rings is 2. The molecule has 0 fully saturated rings. The van der Waals surface area contributed by atoms with E-state index in [-0.39, 0.29) is 11.6 Å². The van der Waals surface area contributed by atoms with E-state index in [1.54, 1.807) is 31.4 Å². The number of thiophene rings is 1. The van der Waals surface area contributed by atoms with E-state index in [4.69, 9.17) is 44.3 Å².